The highest BCUT2D eigenvalue weighted by atomic mass is 31.2. The maximum atomic E-state index is 13.9. The summed E-state index contributed by atoms with van der Waals surface area (Å²) >= 11 is 0. The molecule has 1 N–H and O–H groups in total. The van der Waals surface area contributed by atoms with Crippen LogP contribution in [0.5, 0.6) is 0 Å². The first kappa shape index (κ1) is 24.8. The van der Waals surface area contributed by atoms with Gasteiger partial charge < -0.3 is 14.8 Å². The van der Waals surface area contributed by atoms with Crippen LogP contribution in [0.1, 0.15) is 54.7 Å². The molecule has 7 nitrogen and oxygen atoms in total. The molecule has 5 rings (SSSR count). The molecule has 36 heavy (non-hydrogen) atoms. The molecule has 1 amide bonds. The Hall–Kier alpha value is -2.93. The van der Waals surface area contributed by atoms with E-state index in [0.717, 1.165) is 18.4 Å². The van der Waals surface area contributed by atoms with Crippen LogP contribution in [0.3, 0.4) is 0 Å². The van der Waals surface area contributed by atoms with Crippen molar-refractivity contribution in [3.05, 3.63) is 53.0 Å². The number of nitrogens with one attached hydrogen (secondary N) is 1. The number of pyridine rings is 1. The van der Waals surface area contributed by atoms with Gasteiger partial charge in [0.2, 0.25) is 5.91 Å². The van der Waals surface area contributed by atoms with E-state index in [2.05, 4.69) is 20.3 Å². The van der Waals surface area contributed by atoms with Crippen LogP contribution in [-0.4, -0.2) is 51.2 Å². The largest absolute Gasteiger partial charge is 0.363 e. The smallest absolute Gasteiger partial charge is 0.264 e. The summed E-state index contributed by atoms with van der Waals surface area (Å²) in [5.41, 5.74) is 2.45. The van der Waals surface area contributed by atoms with Crippen molar-refractivity contribution in [1.29, 1.82) is 0 Å². The van der Waals surface area contributed by atoms with Crippen molar-refractivity contribution in [1.82, 2.24) is 19.9 Å². The van der Waals surface area contributed by atoms with Crippen LogP contribution in [-0.2, 0) is 9.36 Å². The second-order valence-electron chi connectivity index (χ2n) is 9.84. The van der Waals surface area contributed by atoms with E-state index in [1.807, 2.05) is 17.9 Å². The number of aromatic nitrogens is 3. The molecule has 1 saturated carbocycles. The molecule has 1 atom stereocenters. The lowest BCUT2D eigenvalue weighted by Gasteiger charge is -2.32. The fraction of sp³-hybridized carbons (Fsp3) is 0.462. The van der Waals surface area contributed by atoms with Crippen LogP contribution < -0.4 is 10.8 Å². The number of benzene rings is 1. The van der Waals surface area contributed by atoms with Crippen LogP contribution in [0.15, 0.2) is 30.5 Å². The molecular weight excluding hydrogens is 483 g/mol. The predicted molar refractivity (Wildman–Crippen MR) is 137 cm³/mol. The lowest BCUT2D eigenvalue weighted by atomic mass is 9.97. The molecule has 3 heterocycles. The second-order valence-corrected chi connectivity index (χ2v) is 13.0. The summed E-state index contributed by atoms with van der Waals surface area (Å²) in [4.78, 5) is 27.8. The maximum absolute atomic E-state index is 13.9. The van der Waals surface area contributed by atoms with Gasteiger partial charge >= 0.3 is 0 Å². The predicted octanol–water partition coefficient (Wildman–Crippen LogP) is 4.99. The van der Waals surface area contributed by atoms with Gasteiger partial charge in [-0.1, -0.05) is 18.2 Å². The van der Waals surface area contributed by atoms with E-state index in [9.17, 15) is 18.1 Å². The molecule has 0 bridgehead atoms. The number of nitrogens with zero attached hydrogens (tertiary/aromatic N) is 4. The van der Waals surface area contributed by atoms with Crippen molar-refractivity contribution in [2.75, 3.05) is 30.7 Å². The van der Waals surface area contributed by atoms with Crippen LogP contribution >= 0.6 is 7.14 Å². The fourth-order valence-corrected chi connectivity index (χ4v) is 7.40. The van der Waals surface area contributed by atoms with Crippen molar-refractivity contribution < 1.29 is 18.1 Å². The summed E-state index contributed by atoms with van der Waals surface area (Å²) in [7, 11) is -2.78. The molecule has 1 saturated heterocycles. The van der Waals surface area contributed by atoms with Crippen LogP contribution in [0.25, 0.3) is 10.9 Å². The van der Waals surface area contributed by atoms with Gasteiger partial charge in [0, 0.05) is 42.3 Å². The van der Waals surface area contributed by atoms with Gasteiger partial charge in [-0.25, -0.2) is 18.7 Å². The van der Waals surface area contributed by atoms with Crippen LogP contribution in [0.4, 0.5) is 14.6 Å². The van der Waals surface area contributed by atoms with Gasteiger partial charge in [-0.15, -0.1) is 0 Å². The third-order valence-corrected chi connectivity index (χ3v) is 10.2. The Morgan fingerprint density at radius 2 is 1.83 bits per heavy atom. The Morgan fingerprint density at radius 1 is 1.14 bits per heavy atom. The Kier molecular flexibility index (Phi) is 6.54. The van der Waals surface area contributed by atoms with Crippen molar-refractivity contribution in [3.8, 4) is 0 Å². The van der Waals surface area contributed by atoms with Gasteiger partial charge in [-0.05, 0) is 50.8 Å². The second kappa shape index (κ2) is 9.51. The Morgan fingerprint density at radius 3 is 2.50 bits per heavy atom. The van der Waals surface area contributed by atoms with E-state index >= 15 is 0 Å². The van der Waals surface area contributed by atoms with E-state index in [1.54, 1.807) is 32.2 Å². The number of alkyl halides is 2. The number of hydrogen-bond donors (Lipinski definition) is 1. The zero-order chi connectivity index (χ0) is 25.6. The molecule has 0 radical (unpaired) electrons. The number of halogens is 2. The first-order valence-electron chi connectivity index (χ1n) is 12.3. The third kappa shape index (κ3) is 4.73. The van der Waals surface area contributed by atoms with Crippen LogP contribution in [0.2, 0.25) is 0 Å². The van der Waals surface area contributed by atoms with E-state index in [-0.39, 0.29) is 23.4 Å². The SMILES string of the molecule is Cc1nc(N[C@H](C)c2cccc(C(F)F)c2C)c2cc(P3(=O)CCN(C(=O)C4CC4)CC3)ncc2n1. The van der Waals surface area contributed by atoms with Gasteiger partial charge in [0.05, 0.1) is 17.8 Å². The molecule has 1 aliphatic heterocycles. The fourth-order valence-electron chi connectivity index (χ4n) is 4.96. The molecule has 1 aromatic carbocycles. The van der Waals surface area contributed by atoms with Gasteiger partial charge in [0.25, 0.3) is 6.43 Å². The quantitative estimate of drug-likeness (QED) is 0.467. The van der Waals surface area contributed by atoms with Crippen molar-refractivity contribution in [2.45, 2.75) is 46.1 Å². The number of hydrogen-bond acceptors (Lipinski definition) is 6. The van der Waals surface area contributed by atoms with Crippen LogP contribution in [0, 0.1) is 19.8 Å². The molecular formula is C26H30F2N5O2P. The van der Waals surface area contributed by atoms with Gasteiger partial charge in [0.15, 0.2) is 0 Å². The average molecular weight is 514 g/mol. The van der Waals surface area contributed by atoms with Crippen molar-refractivity contribution in [3.63, 3.8) is 0 Å². The summed E-state index contributed by atoms with van der Waals surface area (Å²) in [5, 5.41) is 4.05. The minimum Gasteiger partial charge on any atom is -0.363 e. The standard InChI is InChI=1S/C26H30F2N5O2P/c1-15-19(5-4-6-20(15)24(27)28)16(2)30-25-21-13-23(29-14-22(21)31-17(3)32-25)36(35)11-9-33(10-12-36)26(34)18-7-8-18/h4-6,13-14,16,18,24H,7-12H2,1-3H3,(H,30,31,32)/t16-/m1/s1. The van der Waals surface area contributed by atoms with E-state index < -0.39 is 13.6 Å². The Labute approximate surface area is 209 Å². The molecule has 2 fully saturated rings. The average Bonchev–Trinajstić information content (AvgIpc) is 3.69. The summed E-state index contributed by atoms with van der Waals surface area (Å²) in [6, 6.07) is 6.41. The summed E-state index contributed by atoms with van der Waals surface area (Å²) in [6.45, 7) is 6.35. The summed E-state index contributed by atoms with van der Waals surface area (Å²) in [6.07, 6.45) is 1.82. The van der Waals surface area contributed by atoms with Gasteiger partial charge in [-0.3, -0.25) is 9.78 Å². The highest BCUT2D eigenvalue weighted by Crippen LogP contribution is 2.47. The minimum atomic E-state index is -2.78. The minimum absolute atomic E-state index is 0.0148. The zero-order valence-electron chi connectivity index (χ0n) is 20.7. The topological polar surface area (TPSA) is 88.1 Å². The highest BCUT2D eigenvalue weighted by Gasteiger charge is 2.38. The molecule has 190 valence electrons. The number of amides is 1. The Balaban J connectivity index is 1.44. The summed E-state index contributed by atoms with van der Waals surface area (Å²) < 4.78 is 40.7. The first-order valence-corrected chi connectivity index (χ1v) is 14.4. The lowest BCUT2D eigenvalue weighted by Crippen LogP contribution is -2.42. The van der Waals surface area contributed by atoms with E-state index in [1.165, 1.54) is 6.07 Å². The molecule has 0 unspecified atom stereocenters. The maximum Gasteiger partial charge on any atom is 0.264 e. The Bertz CT molecular complexity index is 1370. The normalized spacial score (nSPS) is 18.4. The third-order valence-electron chi connectivity index (χ3n) is 7.27. The highest BCUT2D eigenvalue weighted by molar-refractivity contribution is 7.71. The molecule has 2 aliphatic rings. The molecule has 1 aliphatic carbocycles. The first-order chi connectivity index (χ1) is 17.2. The molecule has 0 spiro atoms. The number of rotatable bonds is 6. The number of carbonyl (C=O) groups is 1. The van der Waals surface area contributed by atoms with E-state index in [0.29, 0.717) is 59.0 Å². The van der Waals surface area contributed by atoms with Gasteiger partial charge in [-0.2, -0.15) is 0 Å². The number of fused-ring (bicyclic) bond motifs is 1. The number of carbonyl (C=O) groups excluding carboxylic acids is 1. The molecule has 2 aromatic heterocycles. The molecule has 10 heteroatoms. The van der Waals surface area contributed by atoms with Crippen molar-refractivity contribution >= 4 is 35.2 Å². The lowest BCUT2D eigenvalue weighted by molar-refractivity contribution is -0.132. The van der Waals surface area contributed by atoms with Crippen molar-refractivity contribution in [2.24, 2.45) is 5.92 Å². The number of aryl methyl sites for hydroxylation is 1. The summed E-state index contributed by atoms with van der Waals surface area (Å²) in [5.74, 6) is 1.43. The zero-order valence-corrected chi connectivity index (χ0v) is 21.6. The van der Waals surface area contributed by atoms with E-state index in [4.69, 9.17) is 0 Å². The molecule has 3 aromatic rings. The monoisotopic (exact) mass is 513 g/mol. The number of anilines is 1. The van der Waals surface area contributed by atoms with Gasteiger partial charge in [0.1, 0.15) is 24.2 Å².